The largest absolute Gasteiger partial charge is 0.467 e. The van der Waals surface area contributed by atoms with E-state index in [1.165, 1.54) is 18.9 Å². The van der Waals surface area contributed by atoms with Gasteiger partial charge in [-0.3, -0.25) is 9.55 Å². The highest BCUT2D eigenvalue weighted by Gasteiger charge is 2.31. The lowest BCUT2D eigenvalue weighted by Gasteiger charge is -2.16. The summed E-state index contributed by atoms with van der Waals surface area (Å²) < 4.78 is 13.0. The van der Waals surface area contributed by atoms with Gasteiger partial charge in [0.1, 0.15) is 11.6 Å². The number of methoxy groups -OCH3 is 1. The van der Waals surface area contributed by atoms with Crippen LogP contribution in [-0.2, 0) is 17.0 Å². The fourth-order valence-corrected chi connectivity index (χ4v) is 5.37. The van der Waals surface area contributed by atoms with E-state index in [9.17, 15) is 4.79 Å². The van der Waals surface area contributed by atoms with Crippen molar-refractivity contribution < 1.29 is 13.9 Å². The molecule has 5 aromatic rings. The minimum absolute atomic E-state index is 0.404. The molecule has 2 aromatic carbocycles. The smallest absolute Gasteiger partial charge is 0.340 e. The number of aromatic nitrogens is 4. The Labute approximate surface area is 212 Å². The summed E-state index contributed by atoms with van der Waals surface area (Å²) in [4.78, 5) is 18.1. The quantitative estimate of drug-likeness (QED) is 0.190. The zero-order chi connectivity index (χ0) is 24.5. The predicted octanol–water partition coefficient (Wildman–Crippen LogP) is 6.09. The molecule has 0 atom stereocenters. The van der Waals surface area contributed by atoms with Gasteiger partial charge in [0.05, 0.1) is 36.7 Å². The Hall–Kier alpha value is -3.91. The zero-order valence-electron chi connectivity index (χ0n) is 19.8. The van der Waals surface area contributed by atoms with Crippen LogP contribution in [0.15, 0.2) is 82.6 Å². The third-order valence-corrected chi connectivity index (χ3v) is 7.32. The van der Waals surface area contributed by atoms with E-state index in [1.54, 1.807) is 6.26 Å². The van der Waals surface area contributed by atoms with Crippen LogP contribution in [0, 0.1) is 0 Å². The Morgan fingerprint density at radius 1 is 1.06 bits per heavy atom. The molecule has 180 valence electrons. The van der Waals surface area contributed by atoms with Crippen molar-refractivity contribution in [2.75, 3.05) is 7.11 Å². The van der Waals surface area contributed by atoms with Crippen LogP contribution >= 0.6 is 11.8 Å². The van der Waals surface area contributed by atoms with Gasteiger partial charge in [0.2, 0.25) is 0 Å². The van der Waals surface area contributed by atoms with E-state index in [0.717, 1.165) is 51.6 Å². The number of nitrogens with zero attached hydrogens (tertiary/aromatic N) is 4. The van der Waals surface area contributed by atoms with Crippen LogP contribution < -0.4 is 0 Å². The average molecular weight is 497 g/mol. The monoisotopic (exact) mass is 496 g/mol. The number of benzene rings is 2. The van der Waals surface area contributed by atoms with E-state index >= 15 is 0 Å². The van der Waals surface area contributed by atoms with Gasteiger partial charge < -0.3 is 9.15 Å². The van der Waals surface area contributed by atoms with Crippen LogP contribution in [0.4, 0.5) is 0 Å². The lowest BCUT2D eigenvalue weighted by atomic mass is 9.94. The molecule has 0 saturated heterocycles. The first kappa shape index (κ1) is 22.5. The van der Waals surface area contributed by atoms with Crippen molar-refractivity contribution in [1.82, 2.24) is 19.7 Å². The summed E-state index contributed by atoms with van der Waals surface area (Å²) >= 11 is 1.52. The first-order valence-corrected chi connectivity index (χ1v) is 12.8. The number of para-hydroxylation sites is 1. The van der Waals surface area contributed by atoms with E-state index < -0.39 is 5.97 Å². The number of pyridine rings is 1. The molecule has 0 aliphatic heterocycles. The highest BCUT2D eigenvalue weighted by Crippen LogP contribution is 2.41. The van der Waals surface area contributed by atoms with Crippen LogP contribution in [0.3, 0.4) is 0 Å². The summed E-state index contributed by atoms with van der Waals surface area (Å²) in [5.74, 6) is 2.31. The summed E-state index contributed by atoms with van der Waals surface area (Å²) in [7, 11) is 1.41. The van der Waals surface area contributed by atoms with Crippen molar-refractivity contribution in [1.29, 1.82) is 0 Å². The molecule has 0 bridgehead atoms. The van der Waals surface area contributed by atoms with E-state index in [0.29, 0.717) is 29.5 Å². The Balaban J connectivity index is 1.43. The van der Waals surface area contributed by atoms with Crippen molar-refractivity contribution >= 4 is 28.6 Å². The van der Waals surface area contributed by atoms with E-state index in [2.05, 4.69) is 14.8 Å². The number of rotatable bonds is 8. The molecule has 1 fully saturated rings. The molecule has 0 spiro atoms. The van der Waals surface area contributed by atoms with Gasteiger partial charge in [0, 0.05) is 22.6 Å². The second-order valence-corrected chi connectivity index (χ2v) is 9.69. The summed E-state index contributed by atoms with van der Waals surface area (Å²) in [5.41, 5.74) is 3.74. The van der Waals surface area contributed by atoms with Gasteiger partial charge in [-0.15, -0.1) is 10.2 Å². The number of ether oxygens (including phenoxy) is 1. The number of carbonyl (C=O) groups is 1. The van der Waals surface area contributed by atoms with Crippen molar-refractivity contribution in [2.45, 2.75) is 36.2 Å². The van der Waals surface area contributed by atoms with Gasteiger partial charge in [0.25, 0.3) is 0 Å². The molecule has 0 radical (unpaired) electrons. The van der Waals surface area contributed by atoms with Gasteiger partial charge in [-0.05, 0) is 36.6 Å². The fourth-order valence-electron chi connectivity index (χ4n) is 4.48. The summed E-state index contributed by atoms with van der Waals surface area (Å²) in [5, 5.41) is 10.7. The van der Waals surface area contributed by atoms with Gasteiger partial charge in [0.15, 0.2) is 5.16 Å². The van der Waals surface area contributed by atoms with Crippen LogP contribution in [0.2, 0.25) is 0 Å². The van der Waals surface area contributed by atoms with Crippen molar-refractivity contribution in [3.8, 4) is 11.1 Å². The topological polar surface area (TPSA) is 83.0 Å². The maximum atomic E-state index is 13.1. The fraction of sp³-hybridized carbons (Fsp3) is 0.214. The standard InChI is InChI=1S/C28H24N4O3S/c1-34-27(33)25-23(29-22-12-6-5-11-21(22)24(25)18-8-3-2-4-9-18)17-36-28-31-30-26(19-13-14-19)32(28)16-20-10-7-15-35-20/h2-12,15,19H,13-14,16-17H2,1H3. The predicted molar refractivity (Wildman–Crippen MR) is 138 cm³/mol. The second kappa shape index (κ2) is 9.62. The normalized spacial score (nSPS) is 13.2. The molecular weight excluding hydrogens is 472 g/mol. The summed E-state index contributed by atoms with van der Waals surface area (Å²) in [6.45, 7) is 0.568. The second-order valence-electron chi connectivity index (χ2n) is 8.75. The van der Waals surface area contributed by atoms with Crippen LogP contribution in [0.25, 0.3) is 22.0 Å². The van der Waals surface area contributed by atoms with Gasteiger partial charge in [-0.1, -0.05) is 60.3 Å². The van der Waals surface area contributed by atoms with E-state index in [4.69, 9.17) is 14.1 Å². The maximum Gasteiger partial charge on any atom is 0.340 e. The molecule has 1 aliphatic rings. The molecule has 8 heteroatoms. The first-order valence-electron chi connectivity index (χ1n) is 11.9. The van der Waals surface area contributed by atoms with Gasteiger partial charge in [-0.2, -0.15) is 0 Å². The van der Waals surface area contributed by atoms with Gasteiger partial charge >= 0.3 is 5.97 Å². The number of furan rings is 1. The first-order chi connectivity index (χ1) is 17.7. The number of esters is 1. The minimum atomic E-state index is -0.404. The van der Waals surface area contributed by atoms with Crippen LogP contribution in [0.5, 0.6) is 0 Å². The van der Waals surface area contributed by atoms with Gasteiger partial charge in [-0.25, -0.2) is 4.79 Å². The zero-order valence-corrected chi connectivity index (χ0v) is 20.6. The molecule has 6 rings (SSSR count). The molecule has 1 saturated carbocycles. The number of fused-ring (bicyclic) bond motifs is 1. The molecule has 7 nitrogen and oxygen atoms in total. The summed E-state index contributed by atoms with van der Waals surface area (Å²) in [6.07, 6.45) is 3.93. The number of carbonyl (C=O) groups excluding carboxylic acids is 1. The molecule has 0 amide bonds. The molecule has 0 N–H and O–H groups in total. The highest BCUT2D eigenvalue weighted by atomic mass is 32.2. The molecule has 3 heterocycles. The van der Waals surface area contributed by atoms with E-state index in [1.807, 2.05) is 66.7 Å². The Morgan fingerprint density at radius 2 is 1.86 bits per heavy atom. The molecule has 3 aromatic heterocycles. The number of hydrogen-bond acceptors (Lipinski definition) is 7. The molecule has 0 unspecified atom stereocenters. The SMILES string of the molecule is COC(=O)c1c(CSc2nnc(C3CC3)n2Cc2ccco2)nc2ccccc2c1-c1ccccc1. The average Bonchev–Trinajstić information content (AvgIpc) is 3.48. The molecule has 36 heavy (non-hydrogen) atoms. The number of thioether (sulfide) groups is 1. The van der Waals surface area contributed by atoms with Crippen molar-refractivity contribution in [3.63, 3.8) is 0 Å². The maximum absolute atomic E-state index is 13.1. The third-order valence-electron chi connectivity index (χ3n) is 6.34. The third kappa shape index (κ3) is 4.28. The molecular formula is C28H24N4O3S. The molecule has 1 aliphatic carbocycles. The van der Waals surface area contributed by atoms with Crippen molar-refractivity contribution in [2.24, 2.45) is 0 Å². The number of hydrogen-bond donors (Lipinski definition) is 0. The van der Waals surface area contributed by atoms with E-state index in [-0.39, 0.29) is 0 Å². The summed E-state index contributed by atoms with van der Waals surface area (Å²) in [6, 6.07) is 21.6. The Kier molecular flexibility index (Phi) is 6.03. The highest BCUT2D eigenvalue weighted by molar-refractivity contribution is 7.98. The lowest BCUT2D eigenvalue weighted by Crippen LogP contribution is -2.11. The van der Waals surface area contributed by atoms with Crippen LogP contribution in [-0.4, -0.2) is 32.8 Å². The van der Waals surface area contributed by atoms with Crippen molar-refractivity contribution in [3.05, 3.63) is 95.8 Å². The minimum Gasteiger partial charge on any atom is -0.467 e. The van der Waals surface area contributed by atoms with Crippen LogP contribution in [0.1, 0.15) is 46.4 Å². The Bertz CT molecular complexity index is 1530. The lowest BCUT2D eigenvalue weighted by molar-refractivity contribution is 0.0600. The Morgan fingerprint density at radius 3 is 2.61 bits per heavy atom.